The largest absolute Gasteiger partial charge is 0.382 e. The van der Waals surface area contributed by atoms with E-state index in [1.54, 1.807) is 12.4 Å². The van der Waals surface area contributed by atoms with Crippen LogP contribution in [0.4, 0.5) is 5.82 Å². The monoisotopic (exact) mass is 373 g/mol. The van der Waals surface area contributed by atoms with Crippen molar-refractivity contribution in [1.82, 2.24) is 19.4 Å². The van der Waals surface area contributed by atoms with Gasteiger partial charge in [-0.15, -0.1) is 0 Å². The molecule has 3 heterocycles. The fraction of sp³-hybridized carbons (Fsp3) is 0.190. The van der Waals surface area contributed by atoms with Gasteiger partial charge in [0.15, 0.2) is 0 Å². The molecule has 27 heavy (non-hydrogen) atoms. The Morgan fingerprint density at radius 2 is 1.89 bits per heavy atom. The molecule has 0 amide bonds. The van der Waals surface area contributed by atoms with Crippen LogP contribution in [0.2, 0.25) is 0 Å². The fourth-order valence-electron chi connectivity index (χ4n) is 3.56. The SMILES string of the molecule is Nc1nccn2c(C3CCC3)nc(-c3ccc(Pc4cccnc4)cc3)c12. The minimum absolute atomic E-state index is 0.527. The summed E-state index contributed by atoms with van der Waals surface area (Å²) in [5.74, 6) is 2.17. The molecular weight excluding hydrogens is 353 g/mol. The van der Waals surface area contributed by atoms with E-state index in [-0.39, 0.29) is 0 Å². The van der Waals surface area contributed by atoms with Crippen molar-refractivity contribution < 1.29 is 0 Å². The molecule has 1 saturated carbocycles. The number of rotatable bonds is 4. The predicted molar refractivity (Wildman–Crippen MR) is 111 cm³/mol. The molecule has 0 bridgehead atoms. The lowest BCUT2D eigenvalue weighted by atomic mass is 9.85. The van der Waals surface area contributed by atoms with Crippen molar-refractivity contribution in [3.05, 3.63) is 67.0 Å². The maximum atomic E-state index is 6.22. The van der Waals surface area contributed by atoms with E-state index in [1.165, 1.54) is 29.9 Å². The molecule has 5 nitrogen and oxygen atoms in total. The van der Waals surface area contributed by atoms with E-state index in [1.807, 2.05) is 18.5 Å². The quantitative estimate of drug-likeness (QED) is 0.558. The standard InChI is InChI=1S/C21H20N5P/c22-20-19-18(25-21(15-3-1-4-15)26(19)12-11-24-20)14-6-8-16(9-7-14)27-17-5-2-10-23-13-17/h2,5-13,15,27H,1,3-4H2,(H2,22,24). The summed E-state index contributed by atoms with van der Waals surface area (Å²) in [6, 6.07) is 12.7. The Bertz CT molecular complexity index is 1080. The van der Waals surface area contributed by atoms with Gasteiger partial charge in [-0.1, -0.05) is 45.3 Å². The summed E-state index contributed by atoms with van der Waals surface area (Å²) in [7, 11) is 0.595. The molecular formula is C21H20N5P. The minimum atomic E-state index is 0.527. The van der Waals surface area contributed by atoms with Gasteiger partial charge in [0.2, 0.25) is 0 Å². The Labute approximate surface area is 159 Å². The fourth-order valence-corrected chi connectivity index (χ4v) is 4.54. The summed E-state index contributed by atoms with van der Waals surface area (Å²) in [6.07, 6.45) is 11.1. The Balaban J connectivity index is 1.53. The minimum Gasteiger partial charge on any atom is -0.382 e. The zero-order chi connectivity index (χ0) is 18.2. The molecule has 0 saturated heterocycles. The second kappa shape index (κ2) is 6.75. The highest BCUT2D eigenvalue weighted by Gasteiger charge is 2.26. The summed E-state index contributed by atoms with van der Waals surface area (Å²) in [5.41, 5.74) is 9.15. The number of nitrogens with zero attached hydrogens (tertiary/aromatic N) is 4. The van der Waals surface area contributed by atoms with E-state index < -0.39 is 0 Å². The number of imidazole rings is 1. The molecule has 1 unspecified atom stereocenters. The van der Waals surface area contributed by atoms with Crippen molar-refractivity contribution >= 4 is 30.5 Å². The number of aromatic nitrogens is 4. The van der Waals surface area contributed by atoms with Crippen LogP contribution in [0.1, 0.15) is 31.0 Å². The van der Waals surface area contributed by atoms with Crippen LogP contribution < -0.4 is 16.3 Å². The van der Waals surface area contributed by atoms with E-state index in [0.717, 1.165) is 22.6 Å². The topological polar surface area (TPSA) is 69.1 Å². The third kappa shape index (κ3) is 2.98. The van der Waals surface area contributed by atoms with Crippen LogP contribution in [-0.2, 0) is 0 Å². The molecule has 134 valence electrons. The second-order valence-corrected chi connectivity index (χ2v) is 8.33. The van der Waals surface area contributed by atoms with Gasteiger partial charge in [-0.3, -0.25) is 9.38 Å². The van der Waals surface area contributed by atoms with Gasteiger partial charge in [-0.2, -0.15) is 0 Å². The van der Waals surface area contributed by atoms with Crippen molar-refractivity contribution in [2.45, 2.75) is 25.2 Å². The van der Waals surface area contributed by atoms with Gasteiger partial charge in [-0.25, -0.2) is 9.97 Å². The van der Waals surface area contributed by atoms with Crippen LogP contribution in [0.3, 0.4) is 0 Å². The molecule has 0 spiro atoms. The second-order valence-electron chi connectivity index (χ2n) is 6.92. The lowest BCUT2D eigenvalue weighted by molar-refractivity contribution is 0.400. The zero-order valence-electron chi connectivity index (χ0n) is 14.8. The molecule has 3 aromatic heterocycles. The first-order valence-electron chi connectivity index (χ1n) is 9.19. The van der Waals surface area contributed by atoms with Gasteiger partial charge in [0.05, 0.1) is 0 Å². The first-order valence-corrected chi connectivity index (χ1v) is 10.2. The van der Waals surface area contributed by atoms with Crippen molar-refractivity contribution in [3.63, 3.8) is 0 Å². The first-order chi connectivity index (χ1) is 13.3. The van der Waals surface area contributed by atoms with Gasteiger partial charge in [-0.05, 0) is 29.5 Å². The van der Waals surface area contributed by atoms with E-state index in [9.17, 15) is 0 Å². The Hall–Kier alpha value is -2.78. The Morgan fingerprint density at radius 3 is 2.59 bits per heavy atom. The summed E-state index contributed by atoms with van der Waals surface area (Å²) in [4.78, 5) is 13.5. The molecule has 5 rings (SSSR count). The molecule has 1 fully saturated rings. The van der Waals surface area contributed by atoms with Crippen LogP contribution in [-0.4, -0.2) is 19.4 Å². The van der Waals surface area contributed by atoms with Crippen molar-refractivity contribution in [3.8, 4) is 11.3 Å². The molecule has 2 N–H and O–H groups in total. The summed E-state index contributed by atoms with van der Waals surface area (Å²) in [6.45, 7) is 0. The average molecular weight is 373 g/mol. The van der Waals surface area contributed by atoms with Gasteiger partial charge >= 0.3 is 0 Å². The molecule has 1 aliphatic rings. The van der Waals surface area contributed by atoms with Crippen LogP contribution >= 0.6 is 8.58 Å². The lowest BCUT2D eigenvalue weighted by Crippen LogP contribution is -2.12. The Kier molecular flexibility index (Phi) is 4.10. The van der Waals surface area contributed by atoms with Gasteiger partial charge in [0.1, 0.15) is 22.9 Å². The number of hydrogen-bond donors (Lipinski definition) is 1. The molecule has 4 aromatic rings. The summed E-state index contributed by atoms with van der Waals surface area (Å²) >= 11 is 0. The highest BCUT2D eigenvalue weighted by atomic mass is 31.1. The van der Waals surface area contributed by atoms with Gasteiger partial charge in [0.25, 0.3) is 0 Å². The molecule has 6 heteroatoms. The number of pyridine rings is 1. The molecule has 0 radical (unpaired) electrons. The summed E-state index contributed by atoms with van der Waals surface area (Å²) in [5, 5.41) is 2.51. The van der Waals surface area contributed by atoms with Gasteiger partial charge < -0.3 is 5.73 Å². The number of hydrogen-bond acceptors (Lipinski definition) is 4. The van der Waals surface area contributed by atoms with Gasteiger partial charge in [0, 0.05) is 36.3 Å². The third-order valence-corrected chi connectivity index (χ3v) is 6.40. The normalized spacial score (nSPS) is 14.8. The Morgan fingerprint density at radius 1 is 1.04 bits per heavy atom. The van der Waals surface area contributed by atoms with E-state index in [2.05, 4.69) is 44.7 Å². The highest BCUT2D eigenvalue weighted by molar-refractivity contribution is 7.55. The maximum Gasteiger partial charge on any atom is 0.150 e. The lowest BCUT2D eigenvalue weighted by Gasteiger charge is -2.23. The van der Waals surface area contributed by atoms with E-state index in [0.29, 0.717) is 20.3 Å². The number of nitrogens with two attached hydrogens (primary N) is 1. The van der Waals surface area contributed by atoms with Crippen molar-refractivity contribution in [1.29, 1.82) is 0 Å². The van der Waals surface area contributed by atoms with Crippen molar-refractivity contribution in [2.75, 3.05) is 5.73 Å². The maximum absolute atomic E-state index is 6.22. The average Bonchev–Trinajstić information content (AvgIpc) is 3.03. The predicted octanol–water partition coefficient (Wildman–Crippen LogP) is 3.27. The highest BCUT2D eigenvalue weighted by Crippen LogP contribution is 2.39. The number of fused-ring (bicyclic) bond motifs is 1. The van der Waals surface area contributed by atoms with E-state index in [4.69, 9.17) is 10.7 Å². The number of nitrogen functional groups attached to an aromatic ring is 1. The van der Waals surface area contributed by atoms with Crippen molar-refractivity contribution in [2.24, 2.45) is 0 Å². The smallest absolute Gasteiger partial charge is 0.150 e. The van der Waals surface area contributed by atoms with Crippen LogP contribution in [0.25, 0.3) is 16.8 Å². The molecule has 0 aliphatic heterocycles. The number of anilines is 1. The molecule has 1 aliphatic carbocycles. The third-order valence-electron chi connectivity index (χ3n) is 5.19. The van der Waals surface area contributed by atoms with Crippen LogP contribution in [0.5, 0.6) is 0 Å². The molecule has 1 atom stereocenters. The number of benzene rings is 1. The molecule has 1 aromatic carbocycles. The van der Waals surface area contributed by atoms with E-state index >= 15 is 0 Å². The van der Waals surface area contributed by atoms with Crippen LogP contribution in [0.15, 0.2) is 61.2 Å². The zero-order valence-corrected chi connectivity index (χ0v) is 15.8. The first kappa shape index (κ1) is 16.4. The van der Waals surface area contributed by atoms with Crippen LogP contribution in [0, 0.1) is 0 Å². The summed E-state index contributed by atoms with van der Waals surface area (Å²) < 4.78 is 2.13.